The van der Waals surface area contributed by atoms with Crippen molar-refractivity contribution in [2.75, 3.05) is 6.61 Å². The molecule has 0 saturated heterocycles. The van der Waals surface area contributed by atoms with E-state index in [1.807, 2.05) is 6.20 Å². The molecule has 0 atom stereocenters. The van der Waals surface area contributed by atoms with Gasteiger partial charge in [0.15, 0.2) is 0 Å². The number of nitrogens with one attached hydrogen (secondary N) is 1. The van der Waals surface area contributed by atoms with Gasteiger partial charge in [0, 0.05) is 5.69 Å². The molecule has 1 aromatic heterocycles. The molecule has 0 fully saturated rings. The first-order chi connectivity index (χ1) is 7.09. The number of H-pyrrole nitrogens is 1. The average Bonchev–Trinajstić information content (AvgIpc) is 2.60. The molecular formula is C12H22N2O. The predicted molar refractivity (Wildman–Crippen MR) is 62.2 cm³/mol. The van der Waals surface area contributed by atoms with Gasteiger partial charge in [0.25, 0.3) is 6.01 Å². The number of rotatable bonds is 6. The van der Waals surface area contributed by atoms with Crippen molar-refractivity contribution in [1.82, 2.24) is 9.97 Å². The van der Waals surface area contributed by atoms with Crippen LogP contribution in [0.3, 0.4) is 0 Å². The molecule has 0 spiro atoms. The maximum Gasteiger partial charge on any atom is 0.293 e. The maximum absolute atomic E-state index is 5.52. The highest BCUT2D eigenvalue weighted by atomic mass is 16.5. The number of imidazole rings is 1. The third-order valence-corrected chi connectivity index (χ3v) is 2.36. The second-order valence-corrected chi connectivity index (χ2v) is 4.68. The van der Waals surface area contributed by atoms with Crippen LogP contribution in [0.25, 0.3) is 0 Å². The number of nitrogens with zero attached hydrogens (tertiary/aromatic N) is 1. The summed E-state index contributed by atoms with van der Waals surface area (Å²) in [5.41, 5.74) is 1.13. The number of ether oxygens (including phenoxy) is 1. The van der Waals surface area contributed by atoms with E-state index in [1.54, 1.807) is 0 Å². The molecule has 0 aliphatic heterocycles. The fraction of sp³-hybridized carbons (Fsp3) is 0.750. The van der Waals surface area contributed by atoms with E-state index in [4.69, 9.17) is 4.74 Å². The number of aromatic amines is 1. The fourth-order valence-electron chi connectivity index (χ4n) is 1.34. The van der Waals surface area contributed by atoms with Gasteiger partial charge in [-0.2, -0.15) is 0 Å². The Morgan fingerprint density at radius 3 is 2.60 bits per heavy atom. The summed E-state index contributed by atoms with van der Waals surface area (Å²) >= 11 is 0. The topological polar surface area (TPSA) is 37.9 Å². The molecule has 0 amide bonds. The Labute approximate surface area is 92.3 Å². The molecule has 3 nitrogen and oxygen atoms in total. The van der Waals surface area contributed by atoms with Crippen molar-refractivity contribution in [3.63, 3.8) is 0 Å². The lowest BCUT2D eigenvalue weighted by Crippen LogP contribution is -2.00. The van der Waals surface area contributed by atoms with Gasteiger partial charge in [-0.15, -0.1) is 0 Å². The lowest BCUT2D eigenvalue weighted by molar-refractivity contribution is 0.278. The first kappa shape index (κ1) is 12.1. The normalized spacial score (nSPS) is 11.3. The molecule has 0 aliphatic carbocycles. The summed E-state index contributed by atoms with van der Waals surface area (Å²) in [4.78, 5) is 7.34. The van der Waals surface area contributed by atoms with Crippen molar-refractivity contribution in [3.8, 4) is 6.01 Å². The first-order valence-electron chi connectivity index (χ1n) is 5.77. The highest BCUT2D eigenvalue weighted by Gasteiger charge is 2.04. The third kappa shape index (κ3) is 4.36. The minimum absolute atomic E-state index is 0.477. The standard InChI is InChI=1S/C12H22N2O/c1-9(2)6-5-7-15-12-13-8-11(14-12)10(3)4/h8-10H,5-7H2,1-4H3,(H,13,14). The van der Waals surface area contributed by atoms with Crippen LogP contribution in [0.15, 0.2) is 6.20 Å². The lowest BCUT2D eigenvalue weighted by Gasteiger charge is -2.05. The zero-order valence-corrected chi connectivity index (χ0v) is 10.2. The van der Waals surface area contributed by atoms with Gasteiger partial charge in [-0.05, 0) is 24.7 Å². The molecule has 86 valence electrons. The van der Waals surface area contributed by atoms with Crippen molar-refractivity contribution in [2.45, 2.75) is 46.5 Å². The summed E-state index contributed by atoms with van der Waals surface area (Å²) in [5, 5.41) is 0. The van der Waals surface area contributed by atoms with Crippen molar-refractivity contribution in [3.05, 3.63) is 11.9 Å². The quantitative estimate of drug-likeness (QED) is 0.731. The van der Waals surface area contributed by atoms with Crippen LogP contribution < -0.4 is 4.74 Å². The minimum atomic E-state index is 0.477. The smallest absolute Gasteiger partial charge is 0.293 e. The van der Waals surface area contributed by atoms with Crippen LogP contribution in [0.2, 0.25) is 0 Å². The van der Waals surface area contributed by atoms with E-state index in [9.17, 15) is 0 Å². The molecule has 0 aromatic carbocycles. The minimum Gasteiger partial charge on any atom is -0.465 e. The van der Waals surface area contributed by atoms with Gasteiger partial charge in [-0.25, -0.2) is 4.98 Å². The Kier molecular flexibility index (Phi) is 4.66. The van der Waals surface area contributed by atoms with Crippen molar-refractivity contribution >= 4 is 0 Å². The Hall–Kier alpha value is -0.990. The largest absolute Gasteiger partial charge is 0.465 e. The van der Waals surface area contributed by atoms with Gasteiger partial charge in [-0.1, -0.05) is 27.7 Å². The summed E-state index contributed by atoms with van der Waals surface area (Å²) in [6, 6.07) is 0.655. The molecule has 1 aromatic rings. The van der Waals surface area contributed by atoms with Crippen molar-refractivity contribution in [2.24, 2.45) is 5.92 Å². The number of hydrogen-bond acceptors (Lipinski definition) is 2. The summed E-state index contributed by atoms with van der Waals surface area (Å²) < 4.78 is 5.52. The molecule has 0 unspecified atom stereocenters. The summed E-state index contributed by atoms with van der Waals surface area (Å²) in [6.07, 6.45) is 4.15. The Morgan fingerprint density at radius 2 is 2.07 bits per heavy atom. The zero-order chi connectivity index (χ0) is 11.3. The van der Waals surface area contributed by atoms with Crippen molar-refractivity contribution < 1.29 is 4.74 Å². The van der Waals surface area contributed by atoms with E-state index < -0.39 is 0 Å². The number of aromatic nitrogens is 2. The molecule has 1 N–H and O–H groups in total. The van der Waals surface area contributed by atoms with Gasteiger partial charge >= 0.3 is 0 Å². The van der Waals surface area contributed by atoms with Crippen LogP contribution in [0, 0.1) is 5.92 Å². The highest BCUT2D eigenvalue weighted by molar-refractivity contribution is 5.08. The predicted octanol–water partition coefficient (Wildman–Crippen LogP) is 3.35. The molecule has 0 aliphatic rings. The Balaban J connectivity index is 2.26. The molecule has 0 radical (unpaired) electrons. The second-order valence-electron chi connectivity index (χ2n) is 4.68. The summed E-state index contributed by atoms with van der Waals surface area (Å²) in [7, 11) is 0. The van der Waals surface area contributed by atoms with Crippen LogP contribution >= 0.6 is 0 Å². The molecule has 1 rings (SSSR count). The van der Waals surface area contributed by atoms with Crippen LogP contribution in [-0.4, -0.2) is 16.6 Å². The van der Waals surface area contributed by atoms with Crippen molar-refractivity contribution in [1.29, 1.82) is 0 Å². The second kappa shape index (κ2) is 5.79. The molecule has 0 bridgehead atoms. The lowest BCUT2D eigenvalue weighted by atomic mass is 10.1. The van der Waals surface area contributed by atoms with E-state index in [2.05, 4.69) is 37.7 Å². The molecule has 1 heterocycles. The van der Waals surface area contributed by atoms with Crippen LogP contribution in [-0.2, 0) is 0 Å². The van der Waals surface area contributed by atoms with Crippen LogP contribution in [0.5, 0.6) is 6.01 Å². The zero-order valence-electron chi connectivity index (χ0n) is 10.2. The van der Waals surface area contributed by atoms with Gasteiger partial charge in [0.2, 0.25) is 0 Å². The van der Waals surface area contributed by atoms with E-state index in [1.165, 1.54) is 6.42 Å². The molecule has 0 saturated carbocycles. The first-order valence-corrected chi connectivity index (χ1v) is 5.77. The Bertz CT molecular complexity index is 279. The van der Waals surface area contributed by atoms with Gasteiger partial charge in [0.1, 0.15) is 0 Å². The maximum atomic E-state index is 5.52. The summed E-state index contributed by atoms with van der Waals surface area (Å²) in [5.74, 6) is 1.22. The molecule has 15 heavy (non-hydrogen) atoms. The molecular weight excluding hydrogens is 188 g/mol. The van der Waals surface area contributed by atoms with Crippen LogP contribution in [0.1, 0.15) is 52.1 Å². The van der Waals surface area contributed by atoms with Crippen LogP contribution in [0.4, 0.5) is 0 Å². The van der Waals surface area contributed by atoms with Gasteiger partial charge in [0.05, 0.1) is 12.8 Å². The monoisotopic (exact) mass is 210 g/mol. The van der Waals surface area contributed by atoms with Gasteiger partial charge < -0.3 is 9.72 Å². The third-order valence-electron chi connectivity index (χ3n) is 2.36. The van der Waals surface area contributed by atoms with E-state index in [0.717, 1.165) is 24.6 Å². The van der Waals surface area contributed by atoms with E-state index in [0.29, 0.717) is 11.9 Å². The molecule has 3 heteroatoms. The fourth-order valence-corrected chi connectivity index (χ4v) is 1.34. The van der Waals surface area contributed by atoms with Gasteiger partial charge in [-0.3, -0.25) is 0 Å². The SMILES string of the molecule is CC(C)CCCOc1ncc(C(C)C)[nH]1. The Morgan fingerprint density at radius 1 is 1.33 bits per heavy atom. The summed E-state index contributed by atoms with van der Waals surface area (Å²) in [6.45, 7) is 9.48. The highest BCUT2D eigenvalue weighted by Crippen LogP contribution is 2.14. The van der Waals surface area contributed by atoms with E-state index in [-0.39, 0.29) is 0 Å². The number of hydrogen-bond donors (Lipinski definition) is 1. The van der Waals surface area contributed by atoms with E-state index >= 15 is 0 Å². The average molecular weight is 210 g/mol.